The second kappa shape index (κ2) is 5.80. The first-order chi connectivity index (χ1) is 9.03. The van der Waals surface area contributed by atoms with Gasteiger partial charge in [-0.25, -0.2) is 4.79 Å². The molecule has 0 aromatic rings. The zero-order valence-electron chi connectivity index (χ0n) is 12.7. The Balaban J connectivity index is 2.00. The third kappa shape index (κ3) is 3.29. The van der Waals surface area contributed by atoms with Crippen LogP contribution >= 0.6 is 0 Å². The molecular weight excluding hydrogens is 240 g/mol. The average molecular weight is 268 g/mol. The van der Waals surface area contributed by atoms with Crippen molar-refractivity contribution >= 4 is 5.97 Å². The highest BCUT2D eigenvalue weighted by atomic mass is 16.5. The molecule has 0 amide bonds. The second-order valence-electron chi connectivity index (χ2n) is 6.44. The fraction of sp³-hybridized carbons (Fsp3) is 0.933. The summed E-state index contributed by atoms with van der Waals surface area (Å²) in [7, 11) is 3.63. The second-order valence-corrected chi connectivity index (χ2v) is 6.44. The Morgan fingerprint density at radius 2 is 2.11 bits per heavy atom. The van der Waals surface area contributed by atoms with Gasteiger partial charge in [0.2, 0.25) is 0 Å². The molecule has 3 unspecified atom stereocenters. The van der Waals surface area contributed by atoms with E-state index in [1.54, 1.807) is 0 Å². The highest BCUT2D eigenvalue weighted by Gasteiger charge is 2.52. The number of hydrogen-bond donors (Lipinski definition) is 1. The molecule has 2 aliphatic rings. The summed E-state index contributed by atoms with van der Waals surface area (Å²) in [6.45, 7) is 7.03. The number of ether oxygens (including phenoxy) is 1. The molecule has 2 aliphatic carbocycles. The minimum atomic E-state index is -0.490. The maximum absolute atomic E-state index is 12.3. The molecule has 0 saturated heterocycles. The van der Waals surface area contributed by atoms with Gasteiger partial charge in [-0.2, -0.15) is 0 Å². The fourth-order valence-corrected chi connectivity index (χ4v) is 3.25. The Hall–Kier alpha value is -0.610. The summed E-state index contributed by atoms with van der Waals surface area (Å²) in [5, 5.41) is 3.43. The van der Waals surface area contributed by atoms with E-state index >= 15 is 0 Å². The van der Waals surface area contributed by atoms with E-state index in [9.17, 15) is 4.79 Å². The van der Waals surface area contributed by atoms with Crippen molar-refractivity contribution < 1.29 is 9.53 Å². The van der Waals surface area contributed by atoms with Crippen molar-refractivity contribution in [1.82, 2.24) is 10.2 Å². The first kappa shape index (κ1) is 14.8. The maximum atomic E-state index is 12.3. The van der Waals surface area contributed by atoms with E-state index in [0.717, 1.165) is 44.3 Å². The predicted molar refractivity (Wildman–Crippen MR) is 75.9 cm³/mol. The van der Waals surface area contributed by atoms with Crippen LogP contribution in [0.3, 0.4) is 0 Å². The molecule has 0 aromatic carbocycles. The van der Waals surface area contributed by atoms with Crippen molar-refractivity contribution in [3.05, 3.63) is 0 Å². The third-order valence-corrected chi connectivity index (χ3v) is 4.66. The molecule has 1 N–H and O–H groups in total. The Labute approximate surface area is 116 Å². The minimum absolute atomic E-state index is 0.0902. The van der Waals surface area contributed by atoms with Gasteiger partial charge in [0.15, 0.2) is 0 Å². The fourth-order valence-electron chi connectivity index (χ4n) is 3.25. The van der Waals surface area contributed by atoms with Crippen LogP contribution in [0.4, 0.5) is 0 Å². The molecule has 0 heterocycles. The van der Waals surface area contributed by atoms with Crippen LogP contribution in [0, 0.1) is 17.8 Å². The summed E-state index contributed by atoms with van der Waals surface area (Å²) < 4.78 is 5.08. The molecule has 0 spiro atoms. The van der Waals surface area contributed by atoms with Gasteiger partial charge < -0.3 is 15.0 Å². The number of hydrogen-bond acceptors (Lipinski definition) is 4. The van der Waals surface area contributed by atoms with Crippen molar-refractivity contribution in [2.24, 2.45) is 17.8 Å². The summed E-state index contributed by atoms with van der Waals surface area (Å²) in [4.78, 5) is 14.6. The molecule has 3 atom stereocenters. The zero-order valence-corrected chi connectivity index (χ0v) is 12.7. The molecule has 0 radical (unpaired) electrons. The number of nitrogens with zero attached hydrogens (tertiary/aromatic N) is 1. The molecular formula is C15H28N2O2. The summed E-state index contributed by atoms with van der Waals surface area (Å²) in [6.07, 6.45) is 3.60. The van der Waals surface area contributed by atoms with Crippen molar-refractivity contribution in [3.8, 4) is 0 Å². The van der Waals surface area contributed by atoms with Gasteiger partial charge in [-0.05, 0) is 50.6 Å². The monoisotopic (exact) mass is 268 g/mol. The number of esters is 1. The smallest absolute Gasteiger partial charge is 0.327 e. The van der Waals surface area contributed by atoms with E-state index in [1.165, 1.54) is 13.5 Å². The van der Waals surface area contributed by atoms with Crippen molar-refractivity contribution in [2.45, 2.75) is 38.6 Å². The number of nitrogens with one attached hydrogen (secondary N) is 1. The third-order valence-electron chi connectivity index (χ3n) is 4.66. The van der Waals surface area contributed by atoms with Crippen LogP contribution in [0.25, 0.3) is 0 Å². The lowest BCUT2D eigenvalue weighted by atomic mass is 9.92. The molecule has 0 bridgehead atoms. The van der Waals surface area contributed by atoms with Crippen LogP contribution in [-0.2, 0) is 9.53 Å². The Kier molecular flexibility index (Phi) is 4.51. The molecule has 4 heteroatoms. The molecule has 4 nitrogen and oxygen atoms in total. The van der Waals surface area contributed by atoms with E-state index in [2.05, 4.69) is 31.1 Å². The highest BCUT2D eigenvalue weighted by Crippen LogP contribution is 2.42. The number of rotatable bonds is 8. The Morgan fingerprint density at radius 1 is 1.47 bits per heavy atom. The molecule has 2 saturated carbocycles. The van der Waals surface area contributed by atoms with Crippen molar-refractivity contribution in [2.75, 3.05) is 33.8 Å². The van der Waals surface area contributed by atoms with Crippen LogP contribution in [0.1, 0.15) is 33.1 Å². The van der Waals surface area contributed by atoms with E-state index < -0.39 is 5.54 Å². The van der Waals surface area contributed by atoms with Crippen LogP contribution in [0.2, 0.25) is 0 Å². The normalized spacial score (nSPS) is 29.1. The summed E-state index contributed by atoms with van der Waals surface area (Å²) >= 11 is 0. The molecule has 0 aliphatic heterocycles. The van der Waals surface area contributed by atoms with Gasteiger partial charge in [0.25, 0.3) is 0 Å². The van der Waals surface area contributed by atoms with Crippen LogP contribution in [-0.4, -0.2) is 50.2 Å². The summed E-state index contributed by atoms with van der Waals surface area (Å²) in [6, 6.07) is 0. The molecule has 110 valence electrons. The summed E-state index contributed by atoms with van der Waals surface area (Å²) in [5.41, 5.74) is -0.490. The first-order valence-corrected chi connectivity index (χ1v) is 7.55. The molecule has 0 aromatic heterocycles. The first-order valence-electron chi connectivity index (χ1n) is 7.55. The van der Waals surface area contributed by atoms with Gasteiger partial charge >= 0.3 is 5.97 Å². The number of carbonyl (C=O) groups excluding carboxylic acids is 1. The Morgan fingerprint density at radius 3 is 2.53 bits per heavy atom. The SMILES string of the molecule is CCNC(CN(C)CC1CC1C)(C(=O)OC)C1CC1. The lowest BCUT2D eigenvalue weighted by molar-refractivity contribution is -0.150. The average Bonchev–Trinajstić information content (AvgIpc) is 3.26. The van der Waals surface area contributed by atoms with E-state index in [4.69, 9.17) is 4.74 Å². The number of methoxy groups -OCH3 is 1. The number of carbonyl (C=O) groups is 1. The van der Waals surface area contributed by atoms with Gasteiger partial charge in [-0.15, -0.1) is 0 Å². The molecule has 19 heavy (non-hydrogen) atoms. The standard InChI is InChI=1S/C15H28N2O2/c1-5-16-15(13-6-7-13,14(18)19-4)10-17(3)9-12-8-11(12)2/h11-13,16H,5-10H2,1-4H3. The van der Waals surface area contributed by atoms with E-state index in [0.29, 0.717) is 5.92 Å². The van der Waals surface area contributed by atoms with Crippen LogP contribution < -0.4 is 5.32 Å². The summed E-state index contributed by atoms with van der Waals surface area (Å²) in [5.74, 6) is 2.03. The van der Waals surface area contributed by atoms with Gasteiger partial charge in [-0.1, -0.05) is 13.8 Å². The van der Waals surface area contributed by atoms with Gasteiger partial charge in [0, 0.05) is 13.1 Å². The predicted octanol–water partition coefficient (Wildman–Crippen LogP) is 1.51. The van der Waals surface area contributed by atoms with E-state index in [-0.39, 0.29) is 5.97 Å². The van der Waals surface area contributed by atoms with Gasteiger partial charge in [0.1, 0.15) is 5.54 Å². The highest BCUT2D eigenvalue weighted by molar-refractivity contribution is 5.82. The largest absolute Gasteiger partial charge is 0.468 e. The number of likely N-dealkylation sites (N-methyl/N-ethyl adjacent to an activating group) is 2. The molecule has 2 fully saturated rings. The van der Waals surface area contributed by atoms with E-state index in [1.807, 2.05) is 0 Å². The Bertz CT molecular complexity index is 330. The minimum Gasteiger partial charge on any atom is -0.468 e. The lowest BCUT2D eigenvalue weighted by Crippen LogP contribution is -2.60. The van der Waals surface area contributed by atoms with Crippen molar-refractivity contribution in [1.29, 1.82) is 0 Å². The lowest BCUT2D eigenvalue weighted by Gasteiger charge is -2.35. The van der Waals surface area contributed by atoms with Gasteiger partial charge in [0.05, 0.1) is 7.11 Å². The van der Waals surface area contributed by atoms with Crippen LogP contribution in [0.5, 0.6) is 0 Å². The van der Waals surface area contributed by atoms with Crippen molar-refractivity contribution in [3.63, 3.8) is 0 Å². The maximum Gasteiger partial charge on any atom is 0.327 e. The quantitative estimate of drug-likeness (QED) is 0.678. The van der Waals surface area contributed by atoms with Crippen LogP contribution in [0.15, 0.2) is 0 Å². The zero-order chi connectivity index (χ0) is 14.0. The topological polar surface area (TPSA) is 41.6 Å². The van der Waals surface area contributed by atoms with Gasteiger partial charge in [-0.3, -0.25) is 0 Å². The molecule has 2 rings (SSSR count).